The van der Waals surface area contributed by atoms with Crippen LogP contribution in [0.2, 0.25) is 0 Å². The average molecular weight is 436 g/mol. The van der Waals surface area contributed by atoms with Crippen molar-refractivity contribution >= 4 is 35.0 Å². The number of amides is 4. The molecule has 1 heterocycles. The second-order valence-electron chi connectivity index (χ2n) is 8.73. The van der Waals surface area contributed by atoms with E-state index in [1.165, 1.54) is 6.92 Å². The molecule has 1 unspecified atom stereocenters. The maximum absolute atomic E-state index is 13.5. The zero-order valence-corrected chi connectivity index (χ0v) is 19.1. The van der Waals surface area contributed by atoms with Gasteiger partial charge in [-0.1, -0.05) is 24.6 Å². The lowest BCUT2D eigenvalue weighted by molar-refractivity contribution is -0.123. The van der Waals surface area contributed by atoms with Crippen molar-refractivity contribution < 1.29 is 19.2 Å². The first kappa shape index (κ1) is 23.2. The summed E-state index contributed by atoms with van der Waals surface area (Å²) < 4.78 is 0. The lowest BCUT2D eigenvalue weighted by Crippen LogP contribution is -2.55. The van der Waals surface area contributed by atoms with Crippen molar-refractivity contribution in [2.24, 2.45) is 0 Å². The Hall–Kier alpha value is -3.48. The second kappa shape index (κ2) is 8.94. The quantitative estimate of drug-likeness (QED) is 0.697. The van der Waals surface area contributed by atoms with E-state index in [1.807, 2.05) is 39.8 Å². The predicted molar refractivity (Wildman–Crippen MR) is 123 cm³/mol. The van der Waals surface area contributed by atoms with Crippen molar-refractivity contribution in [3.8, 4) is 0 Å². The molecule has 0 aliphatic carbocycles. The molecular formula is C25H29N3O4. The fourth-order valence-corrected chi connectivity index (χ4v) is 3.91. The van der Waals surface area contributed by atoms with Crippen LogP contribution in [0.5, 0.6) is 0 Å². The smallest absolute Gasteiger partial charge is 0.257 e. The third-order valence-electron chi connectivity index (χ3n) is 5.88. The Morgan fingerprint density at radius 2 is 1.78 bits per heavy atom. The minimum Gasteiger partial charge on any atom is -0.326 e. The van der Waals surface area contributed by atoms with Gasteiger partial charge in [0.05, 0.1) is 12.1 Å². The topological polar surface area (TPSA) is 86.8 Å². The Balaban J connectivity index is 1.95. The van der Waals surface area contributed by atoms with E-state index >= 15 is 0 Å². The number of carbonyl (C=O) groups excluding carboxylic acids is 4. The summed E-state index contributed by atoms with van der Waals surface area (Å²) >= 11 is 0. The monoisotopic (exact) mass is 435 g/mol. The van der Waals surface area contributed by atoms with Gasteiger partial charge < -0.3 is 10.2 Å². The lowest BCUT2D eigenvalue weighted by atomic mass is 9.94. The van der Waals surface area contributed by atoms with Gasteiger partial charge in [-0.3, -0.25) is 19.2 Å². The van der Waals surface area contributed by atoms with E-state index in [-0.39, 0.29) is 24.1 Å². The van der Waals surface area contributed by atoms with Crippen molar-refractivity contribution in [3.63, 3.8) is 0 Å². The molecule has 168 valence electrons. The van der Waals surface area contributed by atoms with Crippen LogP contribution in [0.25, 0.3) is 0 Å². The first-order valence-electron chi connectivity index (χ1n) is 10.7. The third-order valence-corrected chi connectivity index (χ3v) is 5.88. The van der Waals surface area contributed by atoms with Gasteiger partial charge in [-0.05, 0) is 63.6 Å². The molecule has 7 heteroatoms. The summed E-state index contributed by atoms with van der Waals surface area (Å²) in [6.45, 7) is 9.08. The van der Waals surface area contributed by atoms with Crippen molar-refractivity contribution in [2.75, 3.05) is 10.2 Å². The van der Waals surface area contributed by atoms with Crippen molar-refractivity contribution in [1.29, 1.82) is 0 Å². The first-order valence-corrected chi connectivity index (χ1v) is 10.7. The zero-order valence-electron chi connectivity index (χ0n) is 19.1. The van der Waals surface area contributed by atoms with Crippen LogP contribution >= 0.6 is 0 Å². The minimum atomic E-state index is -0.888. The van der Waals surface area contributed by atoms with Crippen LogP contribution in [0.1, 0.15) is 56.5 Å². The predicted octanol–water partition coefficient (Wildman–Crippen LogP) is 3.92. The number of aryl methyl sites for hydroxylation is 1. The molecule has 2 aromatic rings. The van der Waals surface area contributed by atoms with Crippen LogP contribution < -0.4 is 10.2 Å². The van der Waals surface area contributed by atoms with Crippen LogP contribution in [0.15, 0.2) is 48.5 Å². The number of nitrogens with zero attached hydrogens (tertiary/aromatic N) is 2. The van der Waals surface area contributed by atoms with Crippen LogP contribution in [-0.2, 0) is 14.4 Å². The summed E-state index contributed by atoms with van der Waals surface area (Å²) in [6, 6.07) is 12.8. The molecule has 0 saturated carbocycles. The third kappa shape index (κ3) is 4.56. The number of carbonyl (C=O) groups is 4. The van der Waals surface area contributed by atoms with Crippen LogP contribution in [0.3, 0.4) is 0 Å². The summed E-state index contributed by atoms with van der Waals surface area (Å²) in [5.74, 6) is -1.26. The summed E-state index contributed by atoms with van der Waals surface area (Å²) in [6.07, 6.45) is 0.543. The molecule has 1 fully saturated rings. The molecular weight excluding hydrogens is 406 g/mol. The molecule has 1 aliphatic heterocycles. The van der Waals surface area contributed by atoms with Gasteiger partial charge in [-0.2, -0.15) is 0 Å². The van der Waals surface area contributed by atoms with Crippen molar-refractivity contribution in [3.05, 3.63) is 59.7 Å². The van der Waals surface area contributed by atoms with Crippen LogP contribution in [0.4, 0.5) is 11.4 Å². The number of imide groups is 1. The second-order valence-corrected chi connectivity index (χ2v) is 8.73. The molecule has 0 radical (unpaired) electrons. The van der Waals surface area contributed by atoms with Gasteiger partial charge in [0.25, 0.3) is 11.8 Å². The van der Waals surface area contributed by atoms with Gasteiger partial charge in [-0.15, -0.1) is 0 Å². The summed E-state index contributed by atoms with van der Waals surface area (Å²) in [4.78, 5) is 53.8. The zero-order chi connectivity index (χ0) is 23.6. The van der Waals surface area contributed by atoms with Crippen LogP contribution in [0, 0.1) is 6.92 Å². The van der Waals surface area contributed by atoms with Gasteiger partial charge in [0, 0.05) is 23.7 Å². The molecule has 1 saturated heterocycles. The van der Waals surface area contributed by atoms with E-state index in [0.29, 0.717) is 23.4 Å². The Labute approximate surface area is 188 Å². The standard InChI is InChI=1S/C25H29N3O4/c1-6-25(4,5)28(23(31)18-9-7-8-16(2)14-18)21-15-22(30)27(24(21)32)20-12-10-19(11-13-20)26-17(3)29/h7-14,21H,6,15H2,1-5H3,(H,26,29). The number of rotatable bonds is 6. The fraction of sp³-hybridized carbons (Fsp3) is 0.360. The number of hydrogen-bond acceptors (Lipinski definition) is 4. The highest BCUT2D eigenvalue weighted by Crippen LogP contribution is 2.33. The van der Waals surface area contributed by atoms with E-state index in [0.717, 1.165) is 10.5 Å². The highest BCUT2D eigenvalue weighted by Gasteiger charge is 2.48. The summed E-state index contributed by atoms with van der Waals surface area (Å²) in [5, 5.41) is 2.66. The summed E-state index contributed by atoms with van der Waals surface area (Å²) in [7, 11) is 0. The maximum atomic E-state index is 13.5. The molecule has 32 heavy (non-hydrogen) atoms. The molecule has 1 atom stereocenters. The highest BCUT2D eigenvalue weighted by molar-refractivity contribution is 6.23. The van der Waals surface area contributed by atoms with Gasteiger partial charge in [0.15, 0.2) is 0 Å². The first-order chi connectivity index (χ1) is 15.0. The Bertz CT molecular complexity index is 1060. The summed E-state index contributed by atoms with van der Waals surface area (Å²) in [5.41, 5.74) is 1.78. The SMILES string of the molecule is CCC(C)(C)N(C(=O)c1cccc(C)c1)C1CC(=O)N(c2ccc(NC(C)=O)cc2)C1=O. The average Bonchev–Trinajstić information content (AvgIpc) is 3.02. The van der Waals surface area contributed by atoms with E-state index in [9.17, 15) is 19.2 Å². The molecule has 0 bridgehead atoms. The van der Waals surface area contributed by atoms with Crippen molar-refractivity contribution in [2.45, 2.75) is 59.0 Å². The van der Waals surface area contributed by atoms with E-state index in [4.69, 9.17) is 0 Å². The van der Waals surface area contributed by atoms with Crippen LogP contribution in [-0.4, -0.2) is 40.1 Å². The Kier molecular flexibility index (Phi) is 6.48. The minimum absolute atomic E-state index is 0.0761. The van der Waals surface area contributed by atoms with Gasteiger partial charge in [0.2, 0.25) is 11.8 Å². The molecule has 3 rings (SSSR count). The molecule has 7 nitrogen and oxygen atoms in total. The van der Waals surface area contributed by atoms with E-state index in [2.05, 4.69) is 5.32 Å². The Morgan fingerprint density at radius 1 is 1.12 bits per heavy atom. The Morgan fingerprint density at radius 3 is 2.34 bits per heavy atom. The number of hydrogen-bond donors (Lipinski definition) is 1. The van der Waals surface area contributed by atoms with Gasteiger partial charge >= 0.3 is 0 Å². The fourth-order valence-electron chi connectivity index (χ4n) is 3.91. The largest absolute Gasteiger partial charge is 0.326 e. The number of benzene rings is 2. The lowest BCUT2D eigenvalue weighted by Gasteiger charge is -2.41. The maximum Gasteiger partial charge on any atom is 0.257 e. The molecule has 0 spiro atoms. The molecule has 1 N–H and O–H groups in total. The molecule has 2 aromatic carbocycles. The van der Waals surface area contributed by atoms with E-state index in [1.54, 1.807) is 41.3 Å². The molecule has 4 amide bonds. The number of anilines is 2. The number of nitrogens with one attached hydrogen (secondary N) is 1. The molecule has 0 aromatic heterocycles. The normalized spacial score (nSPS) is 16.3. The van der Waals surface area contributed by atoms with E-state index < -0.39 is 17.5 Å². The van der Waals surface area contributed by atoms with Gasteiger partial charge in [-0.25, -0.2) is 4.90 Å². The molecule has 1 aliphatic rings. The highest BCUT2D eigenvalue weighted by atomic mass is 16.2. The van der Waals surface area contributed by atoms with Crippen molar-refractivity contribution in [1.82, 2.24) is 4.90 Å². The van der Waals surface area contributed by atoms with Gasteiger partial charge in [0.1, 0.15) is 6.04 Å².